The van der Waals surface area contributed by atoms with E-state index >= 15 is 0 Å². The zero-order valence-electron chi connectivity index (χ0n) is 12.3. The molecular formula is C17H20N2O3. The molecule has 116 valence electrons. The number of hydrogen-bond donors (Lipinski definition) is 2. The van der Waals surface area contributed by atoms with Crippen molar-refractivity contribution in [2.45, 2.75) is 38.1 Å². The Morgan fingerprint density at radius 2 is 1.95 bits per heavy atom. The van der Waals surface area contributed by atoms with E-state index in [1.54, 1.807) is 6.26 Å². The maximum Gasteiger partial charge on any atom is 0.407 e. The first-order valence-electron chi connectivity index (χ1n) is 7.52. The minimum atomic E-state index is -0.349. The highest BCUT2D eigenvalue weighted by atomic mass is 16.5. The Morgan fingerprint density at radius 3 is 2.68 bits per heavy atom. The van der Waals surface area contributed by atoms with Gasteiger partial charge in [-0.2, -0.15) is 0 Å². The molecule has 5 heteroatoms. The van der Waals surface area contributed by atoms with E-state index in [9.17, 15) is 4.79 Å². The summed E-state index contributed by atoms with van der Waals surface area (Å²) in [6, 6.07) is 14.1. The van der Waals surface area contributed by atoms with Crippen molar-refractivity contribution in [1.29, 1.82) is 0 Å². The van der Waals surface area contributed by atoms with Gasteiger partial charge in [0.25, 0.3) is 0 Å². The summed E-state index contributed by atoms with van der Waals surface area (Å²) in [5, 5.41) is 6.28. The molecule has 2 aromatic rings. The average molecular weight is 300 g/mol. The second-order valence-corrected chi connectivity index (χ2v) is 5.53. The Bertz CT molecular complexity index is 577. The molecule has 1 aromatic heterocycles. The molecule has 1 aromatic carbocycles. The molecule has 1 aliphatic rings. The predicted molar refractivity (Wildman–Crippen MR) is 82.1 cm³/mol. The third kappa shape index (κ3) is 4.11. The molecule has 22 heavy (non-hydrogen) atoms. The maximum absolute atomic E-state index is 11.7. The van der Waals surface area contributed by atoms with Crippen molar-refractivity contribution in [3.8, 4) is 0 Å². The summed E-state index contributed by atoms with van der Waals surface area (Å²) in [5.74, 6) is 0.929. The van der Waals surface area contributed by atoms with Crippen LogP contribution in [0.25, 0.3) is 0 Å². The van der Waals surface area contributed by atoms with Crippen LogP contribution >= 0.6 is 0 Å². The monoisotopic (exact) mass is 300 g/mol. The molecule has 1 amide bonds. The molecule has 5 nitrogen and oxygen atoms in total. The van der Waals surface area contributed by atoms with Gasteiger partial charge in [-0.05, 0) is 30.5 Å². The van der Waals surface area contributed by atoms with Gasteiger partial charge < -0.3 is 19.8 Å². The Morgan fingerprint density at radius 1 is 1.14 bits per heavy atom. The number of carbonyl (C=O) groups is 1. The number of furan rings is 1. The summed E-state index contributed by atoms with van der Waals surface area (Å²) in [4.78, 5) is 11.7. The summed E-state index contributed by atoms with van der Waals surface area (Å²) in [6.45, 7) is 1.03. The molecular weight excluding hydrogens is 280 g/mol. The van der Waals surface area contributed by atoms with E-state index in [4.69, 9.17) is 9.15 Å². The first-order chi connectivity index (χ1) is 10.8. The highest BCUT2D eigenvalue weighted by Crippen LogP contribution is 2.20. The van der Waals surface area contributed by atoms with Gasteiger partial charge in [0.1, 0.15) is 12.4 Å². The molecule has 0 radical (unpaired) electrons. The van der Waals surface area contributed by atoms with Crippen LogP contribution in [0.4, 0.5) is 4.79 Å². The van der Waals surface area contributed by atoms with Crippen molar-refractivity contribution in [2.75, 3.05) is 0 Å². The summed E-state index contributed by atoms with van der Waals surface area (Å²) in [7, 11) is 0. The molecule has 0 spiro atoms. The number of amides is 1. The van der Waals surface area contributed by atoms with E-state index in [2.05, 4.69) is 10.6 Å². The SMILES string of the molecule is O=C(NC1CC(NCc2ccco2)C1)OCc1ccccc1. The Labute approximate surface area is 129 Å². The van der Waals surface area contributed by atoms with E-state index < -0.39 is 0 Å². The third-order valence-electron chi connectivity index (χ3n) is 3.82. The van der Waals surface area contributed by atoms with Crippen LogP contribution in [0.3, 0.4) is 0 Å². The first-order valence-corrected chi connectivity index (χ1v) is 7.52. The lowest BCUT2D eigenvalue weighted by Crippen LogP contribution is -2.52. The lowest BCUT2D eigenvalue weighted by Gasteiger charge is -2.35. The largest absolute Gasteiger partial charge is 0.468 e. The van der Waals surface area contributed by atoms with Crippen LogP contribution in [-0.2, 0) is 17.9 Å². The van der Waals surface area contributed by atoms with Crippen LogP contribution in [0.1, 0.15) is 24.2 Å². The average Bonchev–Trinajstić information content (AvgIpc) is 3.01. The second kappa shape index (κ2) is 7.13. The molecule has 1 aliphatic carbocycles. The molecule has 1 fully saturated rings. The van der Waals surface area contributed by atoms with Crippen molar-refractivity contribution in [2.24, 2.45) is 0 Å². The van der Waals surface area contributed by atoms with E-state index in [1.807, 2.05) is 42.5 Å². The minimum Gasteiger partial charge on any atom is -0.468 e. The van der Waals surface area contributed by atoms with Crippen LogP contribution in [0.15, 0.2) is 53.1 Å². The van der Waals surface area contributed by atoms with Gasteiger partial charge in [-0.25, -0.2) is 4.79 Å². The van der Waals surface area contributed by atoms with Gasteiger partial charge in [-0.1, -0.05) is 30.3 Å². The zero-order valence-corrected chi connectivity index (χ0v) is 12.3. The molecule has 0 atom stereocenters. The highest BCUT2D eigenvalue weighted by molar-refractivity contribution is 5.67. The molecule has 2 N–H and O–H groups in total. The van der Waals surface area contributed by atoms with E-state index in [0.717, 1.165) is 30.7 Å². The quantitative estimate of drug-likeness (QED) is 0.861. The van der Waals surface area contributed by atoms with Gasteiger partial charge in [0, 0.05) is 12.1 Å². The fraction of sp³-hybridized carbons (Fsp3) is 0.353. The smallest absolute Gasteiger partial charge is 0.407 e. The van der Waals surface area contributed by atoms with Gasteiger partial charge in [-0.3, -0.25) is 0 Å². The van der Waals surface area contributed by atoms with Crippen molar-refractivity contribution in [3.05, 3.63) is 60.1 Å². The number of benzene rings is 1. The third-order valence-corrected chi connectivity index (χ3v) is 3.82. The molecule has 0 saturated heterocycles. The first kappa shape index (κ1) is 14.7. The predicted octanol–water partition coefficient (Wildman–Crippen LogP) is 2.83. The van der Waals surface area contributed by atoms with Crippen molar-refractivity contribution in [3.63, 3.8) is 0 Å². The fourth-order valence-corrected chi connectivity index (χ4v) is 2.49. The van der Waals surface area contributed by atoms with Crippen LogP contribution in [-0.4, -0.2) is 18.2 Å². The van der Waals surface area contributed by atoms with E-state index in [0.29, 0.717) is 12.6 Å². The number of ether oxygens (including phenoxy) is 1. The fourth-order valence-electron chi connectivity index (χ4n) is 2.49. The number of rotatable bonds is 6. The summed E-state index contributed by atoms with van der Waals surface area (Å²) in [6.07, 6.45) is 3.16. The minimum absolute atomic E-state index is 0.192. The van der Waals surface area contributed by atoms with Crippen molar-refractivity contribution in [1.82, 2.24) is 10.6 Å². The summed E-state index contributed by atoms with van der Waals surface area (Å²) >= 11 is 0. The van der Waals surface area contributed by atoms with E-state index in [1.165, 1.54) is 0 Å². The number of nitrogens with one attached hydrogen (secondary N) is 2. The zero-order chi connectivity index (χ0) is 15.2. The number of alkyl carbamates (subject to hydrolysis) is 1. The van der Waals surface area contributed by atoms with Crippen LogP contribution in [0.5, 0.6) is 0 Å². The van der Waals surface area contributed by atoms with Crippen molar-refractivity contribution < 1.29 is 13.9 Å². The van der Waals surface area contributed by atoms with Gasteiger partial charge in [0.05, 0.1) is 12.8 Å². The molecule has 0 aliphatic heterocycles. The standard InChI is InChI=1S/C17H20N2O3/c20-17(22-12-13-5-2-1-3-6-13)19-15-9-14(10-15)18-11-16-7-4-8-21-16/h1-8,14-15,18H,9-12H2,(H,19,20). The number of carbonyl (C=O) groups excluding carboxylic acids is 1. The summed E-state index contributed by atoms with van der Waals surface area (Å²) < 4.78 is 10.5. The Balaban J connectivity index is 1.29. The lowest BCUT2D eigenvalue weighted by atomic mass is 9.87. The normalized spacial score (nSPS) is 20.2. The highest BCUT2D eigenvalue weighted by Gasteiger charge is 2.30. The van der Waals surface area contributed by atoms with Gasteiger partial charge in [0.15, 0.2) is 0 Å². The lowest BCUT2D eigenvalue weighted by molar-refractivity contribution is 0.125. The topological polar surface area (TPSA) is 63.5 Å². The summed E-state index contributed by atoms with van der Waals surface area (Å²) in [5.41, 5.74) is 0.990. The molecule has 3 rings (SSSR count). The van der Waals surface area contributed by atoms with Crippen LogP contribution < -0.4 is 10.6 Å². The second-order valence-electron chi connectivity index (χ2n) is 5.53. The molecule has 1 heterocycles. The Hall–Kier alpha value is -2.27. The van der Waals surface area contributed by atoms with Gasteiger partial charge >= 0.3 is 6.09 Å². The Kier molecular flexibility index (Phi) is 4.75. The van der Waals surface area contributed by atoms with Crippen molar-refractivity contribution >= 4 is 6.09 Å². The van der Waals surface area contributed by atoms with Crippen LogP contribution in [0.2, 0.25) is 0 Å². The number of hydrogen-bond acceptors (Lipinski definition) is 4. The van der Waals surface area contributed by atoms with E-state index in [-0.39, 0.29) is 12.1 Å². The molecule has 1 saturated carbocycles. The molecule has 0 unspecified atom stereocenters. The molecule has 0 bridgehead atoms. The van der Waals surface area contributed by atoms with Gasteiger partial charge in [-0.15, -0.1) is 0 Å². The van der Waals surface area contributed by atoms with Gasteiger partial charge in [0.2, 0.25) is 0 Å². The van der Waals surface area contributed by atoms with Crippen LogP contribution in [0, 0.1) is 0 Å². The maximum atomic E-state index is 11.7.